The van der Waals surface area contributed by atoms with Crippen molar-refractivity contribution in [2.24, 2.45) is 5.92 Å². The van der Waals surface area contributed by atoms with Crippen LogP contribution in [0.2, 0.25) is 0 Å². The summed E-state index contributed by atoms with van der Waals surface area (Å²) in [6.45, 7) is 17.0. The molecule has 0 saturated heterocycles. The molecule has 0 heterocycles. The highest BCUT2D eigenvalue weighted by Crippen LogP contribution is 2.31. The zero-order valence-electron chi connectivity index (χ0n) is 25.9. The molecule has 3 rings (SSSR count). The van der Waals surface area contributed by atoms with Crippen molar-refractivity contribution in [1.29, 1.82) is 0 Å². The predicted molar refractivity (Wildman–Crippen MR) is 166 cm³/mol. The standard InChI is InChI=1S/C34H45N3O4/c1-10-22(4)29(36-33(40)41-34(7,8)9)32(39)37(21(2)3)30(28-17-13-14-23(5)24(28)6)31(38)35-27-19-18-25-15-11-12-16-26(25)20-27/h11-22,29-30H,10H2,1-9H3,(H,35,38)(H,36,40). The molecular weight excluding hydrogens is 514 g/mol. The topological polar surface area (TPSA) is 87.7 Å². The Morgan fingerprint density at radius 2 is 1.56 bits per heavy atom. The lowest BCUT2D eigenvalue weighted by molar-refractivity contribution is -0.144. The molecule has 0 fully saturated rings. The molecule has 3 aromatic carbocycles. The molecule has 3 atom stereocenters. The molecule has 3 unspecified atom stereocenters. The lowest BCUT2D eigenvalue weighted by atomic mass is 9.92. The van der Waals surface area contributed by atoms with Crippen molar-refractivity contribution in [3.63, 3.8) is 0 Å². The second-order valence-corrected chi connectivity index (χ2v) is 12.1. The van der Waals surface area contributed by atoms with E-state index in [-0.39, 0.29) is 23.8 Å². The van der Waals surface area contributed by atoms with E-state index in [1.807, 2.05) is 102 Å². The number of alkyl carbamates (subject to hydrolysis) is 1. The van der Waals surface area contributed by atoms with Gasteiger partial charge in [-0.3, -0.25) is 9.59 Å². The number of nitrogens with zero attached hydrogens (tertiary/aromatic N) is 1. The Hall–Kier alpha value is -3.87. The smallest absolute Gasteiger partial charge is 0.408 e. The first kappa shape index (κ1) is 31.7. The summed E-state index contributed by atoms with van der Waals surface area (Å²) in [5.74, 6) is -0.852. The van der Waals surface area contributed by atoms with Crippen LogP contribution in [0, 0.1) is 19.8 Å². The summed E-state index contributed by atoms with van der Waals surface area (Å²) >= 11 is 0. The van der Waals surface area contributed by atoms with Gasteiger partial charge in [0.25, 0.3) is 5.91 Å². The number of benzene rings is 3. The van der Waals surface area contributed by atoms with Gasteiger partial charge in [-0.15, -0.1) is 0 Å². The predicted octanol–water partition coefficient (Wildman–Crippen LogP) is 7.31. The van der Waals surface area contributed by atoms with Crippen molar-refractivity contribution in [3.05, 3.63) is 77.4 Å². The Balaban J connectivity index is 2.08. The number of hydrogen-bond acceptors (Lipinski definition) is 4. The molecule has 220 valence electrons. The molecule has 0 aromatic heterocycles. The van der Waals surface area contributed by atoms with Gasteiger partial charge >= 0.3 is 6.09 Å². The average molecular weight is 560 g/mol. The van der Waals surface area contributed by atoms with E-state index in [0.29, 0.717) is 12.1 Å². The van der Waals surface area contributed by atoms with Gasteiger partial charge in [0, 0.05) is 11.7 Å². The van der Waals surface area contributed by atoms with Crippen molar-refractivity contribution in [2.45, 2.75) is 92.5 Å². The van der Waals surface area contributed by atoms with Crippen molar-refractivity contribution in [1.82, 2.24) is 10.2 Å². The fraction of sp³-hybridized carbons (Fsp3) is 0.441. The van der Waals surface area contributed by atoms with Crippen LogP contribution in [0.4, 0.5) is 10.5 Å². The second kappa shape index (κ2) is 13.2. The average Bonchev–Trinajstić information content (AvgIpc) is 2.90. The largest absolute Gasteiger partial charge is 0.444 e. The van der Waals surface area contributed by atoms with Crippen molar-refractivity contribution in [2.75, 3.05) is 5.32 Å². The third-order valence-corrected chi connectivity index (χ3v) is 7.45. The minimum atomic E-state index is -0.930. The third-order valence-electron chi connectivity index (χ3n) is 7.45. The lowest BCUT2D eigenvalue weighted by Crippen LogP contribution is -2.56. The first-order chi connectivity index (χ1) is 19.2. The van der Waals surface area contributed by atoms with Gasteiger partial charge in [-0.25, -0.2) is 4.79 Å². The normalized spacial score (nSPS) is 13.8. The summed E-state index contributed by atoms with van der Waals surface area (Å²) in [6, 6.07) is 17.4. The number of carbonyl (C=O) groups is 3. The van der Waals surface area contributed by atoms with Gasteiger partial charge in [-0.05, 0) is 94.0 Å². The maximum absolute atomic E-state index is 14.4. The van der Waals surface area contributed by atoms with E-state index < -0.39 is 23.8 Å². The van der Waals surface area contributed by atoms with Gasteiger partial charge in [-0.2, -0.15) is 0 Å². The van der Waals surface area contributed by atoms with E-state index in [2.05, 4.69) is 10.6 Å². The molecule has 41 heavy (non-hydrogen) atoms. The Bertz CT molecular complexity index is 1390. The Morgan fingerprint density at radius 3 is 2.17 bits per heavy atom. The van der Waals surface area contributed by atoms with Crippen LogP contribution < -0.4 is 10.6 Å². The first-order valence-corrected chi connectivity index (χ1v) is 14.4. The van der Waals surface area contributed by atoms with Gasteiger partial charge in [-0.1, -0.05) is 68.8 Å². The van der Waals surface area contributed by atoms with Crippen LogP contribution in [0.25, 0.3) is 10.8 Å². The highest BCUT2D eigenvalue weighted by atomic mass is 16.6. The van der Waals surface area contributed by atoms with E-state index in [0.717, 1.165) is 27.5 Å². The summed E-state index contributed by atoms with van der Waals surface area (Å²) in [5, 5.41) is 7.97. The van der Waals surface area contributed by atoms with Crippen LogP contribution in [0.1, 0.15) is 77.6 Å². The number of rotatable bonds is 9. The quantitative estimate of drug-likeness (QED) is 0.288. The van der Waals surface area contributed by atoms with Crippen LogP contribution in [-0.2, 0) is 14.3 Å². The van der Waals surface area contributed by atoms with E-state index in [4.69, 9.17) is 4.74 Å². The maximum atomic E-state index is 14.4. The van der Waals surface area contributed by atoms with Crippen LogP contribution in [0.3, 0.4) is 0 Å². The molecule has 0 spiro atoms. The Kier molecular flexibility index (Phi) is 10.2. The Morgan fingerprint density at radius 1 is 0.902 bits per heavy atom. The number of ether oxygens (including phenoxy) is 1. The van der Waals surface area contributed by atoms with Crippen molar-refractivity contribution >= 4 is 34.4 Å². The third kappa shape index (κ3) is 7.87. The van der Waals surface area contributed by atoms with E-state index >= 15 is 0 Å². The monoisotopic (exact) mass is 559 g/mol. The zero-order valence-corrected chi connectivity index (χ0v) is 25.9. The summed E-state index contributed by atoms with van der Waals surface area (Å²) in [5.41, 5.74) is 2.62. The molecule has 7 nitrogen and oxygen atoms in total. The molecule has 2 N–H and O–H groups in total. The van der Waals surface area contributed by atoms with Gasteiger partial charge in [0.15, 0.2) is 0 Å². The minimum Gasteiger partial charge on any atom is -0.444 e. The maximum Gasteiger partial charge on any atom is 0.408 e. The van der Waals surface area contributed by atoms with Crippen LogP contribution >= 0.6 is 0 Å². The van der Waals surface area contributed by atoms with Gasteiger partial charge in [0.05, 0.1) is 0 Å². The molecule has 3 amide bonds. The number of aryl methyl sites for hydroxylation is 1. The van der Waals surface area contributed by atoms with E-state index in [1.165, 1.54) is 0 Å². The lowest BCUT2D eigenvalue weighted by Gasteiger charge is -2.39. The molecule has 7 heteroatoms. The molecule has 0 aliphatic rings. The van der Waals surface area contributed by atoms with Crippen molar-refractivity contribution in [3.8, 4) is 0 Å². The van der Waals surface area contributed by atoms with Crippen LogP contribution in [0.15, 0.2) is 60.7 Å². The van der Waals surface area contributed by atoms with Crippen LogP contribution in [-0.4, -0.2) is 40.5 Å². The second-order valence-electron chi connectivity index (χ2n) is 12.1. The summed E-state index contributed by atoms with van der Waals surface area (Å²) in [4.78, 5) is 43.0. The van der Waals surface area contributed by atoms with Crippen LogP contribution in [0.5, 0.6) is 0 Å². The van der Waals surface area contributed by atoms with E-state index in [9.17, 15) is 14.4 Å². The number of hydrogen-bond donors (Lipinski definition) is 2. The highest BCUT2D eigenvalue weighted by molar-refractivity contribution is 6.00. The first-order valence-electron chi connectivity index (χ1n) is 14.4. The number of anilines is 1. The number of carbonyl (C=O) groups excluding carboxylic acids is 3. The minimum absolute atomic E-state index is 0.195. The number of amides is 3. The highest BCUT2D eigenvalue weighted by Gasteiger charge is 2.40. The van der Waals surface area contributed by atoms with Crippen molar-refractivity contribution < 1.29 is 19.1 Å². The molecule has 0 aliphatic carbocycles. The van der Waals surface area contributed by atoms with Gasteiger partial charge in [0.2, 0.25) is 5.91 Å². The number of nitrogens with one attached hydrogen (secondary N) is 2. The van der Waals surface area contributed by atoms with E-state index in [1.54, 1.807) is 25.7 Å². The molecule has 0 saturated carbocycles. The zero-order chi connectivity index (χ0) is 30.5. The SMILES string of the molecule is CCC(C)C(NC(=O)OC(C)(C)C)C(=O)N(C(C)C)C(C(=O)Nc1ccc2ccccc2c1)c1cccc(C)c1C. The summed E-state index contributed by atoms with van der Waals surface area (Å²) < 4.78 is 5.49. The summed E-state index contributed by atoms with van der Waals surface area (Å²) in [7, 11) is 0. The fourth-order valence-corrected chi connectivity index (χ4v) is 4.92. The van der Waals surface area contributed by atoms with Gasteiger partial charge < -0.3 is 20.3 Å². The molecular formula is C34H45N3O4. The Labute approximate surface area is 244 Å². The fourth-order valence-electron chi connectivity index (χ4n) is 4.92. The van der Waals surface area contributed by atoms with Gasteiger partial charge in [0.1, 0.15) is 17.7 Å². The molecule has 3 aromatic rings. The summed E-state index contributed by atoms with van der Waals surface area (Å²) in [6.07, 6.45) is -0.0148. The molecule has 0 aliphatic heterocycles. The molecule has 0 radical (unpaired) electrons. The molecule has 0 bridgehead atoms. The number of fused-ring (bicyclic) bond motifs is 1.